The Morgan fingerprint density at radius 2 is 1.44 bits per heavy atom. The summed E-state index contributed by atoms with van der Waals surface area (Å²) in [7, 11) is 1.68. The van der Waals surface area contributed by atoms with Crippen molar-refractivity contribution in [2.75, 3.05) is 13.7 Å². The van der Waals surface area contributed by atoms with E-state index in [1.165, 1.54) is 0 Å². The lowest BCUT2D eigenvalue weighted by Gasteiger charge is -2.07. The monoisotopic (exact) mass is 425 g/mol. The topological polar surface area (TPSA) is 44.9 Å². The third kappa shape index (κ3) is 5.86. The first-order valence-electron chi connectivity index (χ1n) is 11.2. The second-order valence-corrected chi connectivity index (χ2v) is 7.78. The van der Waals surface area contributed by atoms with Gasteiger partial charge in [0.25, 0.3) is 0 Å². The summed E-state index contributed by atoms with van der Waals surface area (Å²) in [6.07, 6.45) is 4.05. The lowest BCUT2D eigenvalue weighted by Crippen LogP contribution is -2.10. The predicted molar refractivity (Wildman–Crippen MR) is 130 cm³/mol. The first-order chi connectivity index (χ1) is 15.8. The van der Waals surface area contributed by atoms with Crippen LogP contribution in [0.25, 0.3) is 11.4 Å². The van der Waals surface area contributed by atoms with E-state index in [0.29, 0.717) is 6.61 Å². The van der Waals surface area contributed by atoms with E-state index in [9.17, 15) is 0 Å². The number of ether oxygens (including phenoxy) is 2. The van der Waals surface area contributed by atoms with Crippen molar-refractivity contribution in [2.45, 2.75) is 32.3 Å². The fourth-order valence-electron chi connectivity index (χ4n) is 3.71. The number of nitrogens with zero attached hydrogens (tertiary/aromatic N) is 2. The highest BCUT2D eigenvalue weighted by Gasteiger charge is 2.21. The van der Waals surface area contributed by atoms with E-state index in [0.717, 1.165) is 72.0 Å². The summed E-state index contributed by atoms with van der Waals surface area (Å²) >= 11 is 0. The normalized spacial score (nSPS) is 13.1. The molecule has 1 heterocycles. The summed E-state index contributed by atoms with van der Waals surface area (Å²) in [6.45, 7) is 1.37. The van der Waals surface area contributed by atoms with Gasteiger partial charge in [-0.05, 0) is 30.5 Å². The third-order valence-electron chi connectivity index (χ3n) is 5.39. The van der Waals surface area contributed by atoms with Crippen molar-refractivity contribution in [1.29, 1.82) is 0 Å². The van der Waals surface area contributed by atoms with Gasteiger partial charge in [0.15, 0.2) is 0 Å². The molecule has 0 aromatic heterocycles. The molecular weight excluding hydrogens is 396 g/mol. The quantitative estimate of drug-likeness (QED) is 0.338. The molecule has 0 saturated carbocycles. The number of benzene rings is 3. The van der Waals surface area contributed by atoms with Gasteiger partial charge in [-0.25, -0.2) is 10.3 Å². The minimum absolute atomic E-state index is 0.615. The van der Waals surface area contributed by atoms with Gasteiger partial charge in [-0.15, -0.1) is 0 Å². The van der Waals surface area contributed by atoms with E-state index < -0.39 is 0 Å². The lowest BCUT2D eigenvalue weighted by atomic mass is 10.1. The summed E-state index contributed by atoms with van der Waals surface area (Å²) in [5, 5.41) is 4.89. The molecule has 0 unspecified atom stereocenters. The van der Waals surface area contributed by atoms with Gasteiger partial charge in [-0.3, -0.25) is 0 Å². The van der Waals surface area contributed by atoms with Crippen LogP contribution in [-0.2, 0) is 11.3 Å². The number of hydrogen-bond acceptors (Lipinski definition) is 3. The molecule has 1 aliphatic heterocycles. The average Bonchev–Trinajstić information content (AvgIpc) is 3.29. The number of rotatable bonds is 11. The molecule has 4 heteroatoms. The van der Waals surface area contributed by atoms with Crippen LogP contribution in [0.2, 0.25) is 0 Å². The predicted octanol–water partition coefficient (Wildman–Crippen LogP) is 6.31. The minimum Gasteiger partial charge on any atom is -0.497 e. The van der Waals surface area contributed by atoms with Crippen LogP contribution >= 0.6 is 0 Å². The summed E-state index contributed by atoms with van der Waals surface area (Å²) in [6, 6.07) is 28.6. The van der Waals surface area contributed by atoms with Gasteiger partial charge >= 0.3 is 0 Å². The Morgan fingerprint density at radius 1 is 0.719 bits per heavy atom. The second kappa shape index (κ2) is 11.3. The van der Waals surface area contributed by atoms with E-state index in [1.807, 2.05) is 54.6 Å². The van der Waals surface area contributed by atoms with Crippen LogP contribution in [0.1, 0.15) is 42.4 Å². The molecule has 1 radical (unpaired) electrons. The van der Waals surface area contributed by atoms with Crippen molar-refractivity contribution in [1.82, 2.24) is 5.32 Å². The maximum absolute atomic E-state index is 5.82. The Morgan fingerprint density at radius 3 is 2.16 bits per heavy atom. The van der Waals surface area contributed by atoms with E-state index in [-0.39, 0.29) is 0 Å². The van der Waals surface area contributed by atoms with Gasteiger partial charge in [0.1, 0.15) is 11.6 Å². The molecule has 0 spiro atoms. The van der Waals surface area contributed by atoms with Gasteiger partial charge < -0.3 is 9.47 Å². The van der Waals surface area contributed by atoms with Crippen molar-refractivity contribution < 1.29 is 9.47 Å². The molecule has 3 aromatic rings. The molecule has 3 aromatic carbocycles. The zero-order valence-corrected chi connectivity index (χ0v) is 18.5. The molecular formula is C28H29N2O2. The molecule has 0 fully saturated rings. The summed E-state index contributed by atoms with van der Waals surface area (Å²) < 4.78 is 11.1. The molecule has 1 aliphatic rings. The van der Waals surface area contributed by atoms with Crippen LogP contribution in [0, 0.1) is 0 Å². The standard InChI is InChI=1S/C28H29N2O2/c1-31-25-17-11-12-22(20-25)21-32-19-10-4-9-18-26-29-27(23-13-5-2-6-14-23)28(30-26)24-15-7-3-8-16-24/h2-3,5-8,11-17,20H,4,9-10,18-19,21H2,1H3. The highest BCUT2D eigenvalue weighted by molar-refractivity contribution is 6.07. The van der Waals surface area contributed by atoms with Crippen LogP contribution in [0.15, 0.2) is 89.9 Å². The van der Waals surface area contributed by atoms with Gasteiger partial charge in [-0.2, -0.15) is 0 Å². The first kappa shape index (κ1) is 21.8. The van der Waals surface area contributed by atoms with Crippen LogP contribution < -0.4 is 10.1 Å². The fourth-order valence-corrected chi connectivity index (χ4v) is 3.71. The molecule has 0 aliphatic carbocycles. The Balaban J connectivity index is 1.24. The molecule has 0 saturated heterocycles. The first-order valence-corrected chi connectivity index (χ1v) is 11.2. The summed E-state index contributed by atoms with van der Waals surface area (Å²) in [5.41, 5.74) is 5.28. The fraction of sp³-hybridized carbons (Fsp3) is 0.250. The summed E-state index contributed by atoms with van der Waals surface area (Å²) in [5.74, 6) is 1.78. The van der Waals surface area contributed by atoms with Crippen LogP contribution in [-0.4, -0.2) is 19.6 Å². The molecule has 0 amide bonds. The maximum Gasteiger partial charge on any atom is 0.129 e. The van der Waals surface area contributed by atoms with Gasteiger partial charge in [-0.1, -0.05) is 79.2 Å². The van der Waals surface area contributed by atoms with E-state index in [4.69, 9.17) is 19.8 Å². The van der Waals surface area contributed by atoms with Gasteiger partial charge in [0.05, 0.1) is 25.1 Å². The van der Waals surface area contributed by atoms with Crippen LogP contribution in [0.3, 0.4) is 0 Å². The molecule has 32 heavy (non-hydrogen) atoms. The molecule has 4 rings (SSSR count). The van der Waals surface area contributed by atoms with Crippen molar-refractivity contribution in [3.8, 4) is 5.75 Å². The zero-order chi connectivity index (χ0) is 22.0. The smallest absolute Gasteiger partial charge is 0.129 e. The average molecular weight is 426 g/mol. The van der Waals surface area contributed by atoms with Crippen molar-refractivity contribution in [3.05, 3.63) is 102 Å². The Kier molecular flexibility index (Phi) is 7.72. The highest BCUT2D eigenvalue weighted by atomic mass is 16.5. The maximum atomic E-state index is 5.82. The van der Waals surface area contributed by atoms with E-state index >= 15 is 0 Å². The van der Waals surface area contributed by atoms with Gasteiger partial charge in [0.2, 0.25) is 0 Å². The molecule has 0 atom stereocenters. The van der Waals surface area contributed by atoms with Crippen LogP contribution in [0.5, 0.6) is 5.75 Å². The highest BCUT2D eigenvalue weighted by Crippen LogP contribution is 2.31. The number of methoxy groups -OCH3 is 1. The minimum atomic E-state index is 0.615. The zero-order valence-electron chi connectivity index (χ0n) is 18.5. The van der Waals surface area contributed by atoms with E-state index in [2.05, 4.69) is 30.3 Å². The summed E-state index contributed by atoms with van der Waals surface area (Å²) in [4.78, 5) is 4.89. The van der Waals surface area contributed by atoms with Crippen molar-refractivity contribution in [3.63, 3.8) is 0 Å². The number of unbranched alkanes of at least 4 members (excludes halogenated alkanes) is 2. The Labute approximate surface area is 190 Å². The van der Waals surface area contributed by atoms with E-state index in [1.54, 1.807) is 7.11 Å². The number of hydrogen-bond donors (Lipinski definition) is 0. The SMILES string of the molecule is COc1cccc(COCCCCCC2=NC(c3ccccc3)=C(c3ccccc3)[N]2)c1. The molecule has 163 valence electrons. The Hall–Kier alpha value is -3.37. The third-order valence-corrected chi connectivity index (χ3v) is 5.39. The molecule has 0 N–H and O–H groups in total. The Bertz CT molecular complexity index is 1060. The second-order valence-electron chi connectivity index (χ2n) is 7.78. The number of aliphatic imine (C=N–C) groups is 1. The van der Waals surface area contributed by atoms with Gasteiger partial charge in [0, 0.05) is 24.2 Å². The largest absolute Gasteiger partial charge is 0.497 e. The number of amidine groups is 1. The molecule has 4 nitrogen and oxygen atoms in total. The van der Waals surface area contributed by atoms with Crippen molar-refractivity contribution >= 4 is 17.2 Å². The van der Waals surface area contributed by atoms with Crippen LogP contribution in [0.4, 0.5) is 0 Å². The van der Waals surface area contributed by atoms with Crippen molar-refractivity contribution in [2.24, 2.45) is 4.99 Å². The lowest BCUT2D eigenvalue weighted by molar-refractivity contribution is 0.117. The molecule has 0 bridgehead atoms.